The first-order valence-corrected chi connectivity index (χ1v) is 10.1. The molecule has 3 aromatic carbocycles. The lowest BCUT2D eigenvalue weighted by molar-refractivity contribution is -0.383. The maximum atomic E-state index is 12.1. The summed E-state index contributed by atoms with van der Waals surface area (Å²) >= 11 is 0. The van der Waals surface area contributed by atoms with Gasteiger partial charge in [-0.25, -0.2) is 9.97 Å². The van der Waals surface area contributed by atoms with E-state index in [0.29, 0.717) is 23.7 Å². The van der Waals surface area contributed by atoms with Crippen LogP contribution in [0.2, 0.25) is 0 Å². The van der Waals surface area contributed by atoms with Crippen LogP contribution in [0.15, 0.2) is 67.0 Å². The molecule has 5 rings (SSSR count). The summed E-state index contributed by atoms with van der Waals surface area (Å²) < 4.78 is 10.7. The van der Waals surface area contributed by atoms with Gasteiger partial charge >= 0.3 is 5.69 Å². The van der Waals surface area contributed by atoms with Crippen LogP contribution in [0, 0.1) is 10.1 Å². The largest absolute Gasteiger partial charge is 0.454 e. The summed E-state index contributed by atoms with van der Waals surface area (Å²) in [4.78, 5) is 22.0. The molecule has 0 aliphatic carbocycles. The number of ether oxygens (including phenoxy) is 2. The van der Waals surface area contributed by atoms with E-state index in [1.54, 1.807) is 18.2 Å². The van der Waals surface area contributed by atoms with Crippen LogP contribution < -0.4 is 19.7 Å². The van der Waals surface area contributed by atoms with E-state index in [-0.39, 0.29) is 24.1 Å². The standard InChI is InChI=1S/C23H19N5O4/c1-2-27(18-9-5-7-15-6-3-4-8-17(15)18)23-21(28(29)30)22(24-13-25-23)26-16-10-11-19-20(12-16)32-14-31-19/h3-13H,2,14H2,1H3,(H,24,25,26). The van der Waals surface area contributed by atoms with Crippen molar-refractivity contribution in [2.24, 2.45) is 0 Å². The van der Waals surface area contributed by atoms with Crippen molar-refractivity contribution in [3.05, 3.63) is 77.1 Å². The van der Waals surface area contributed by atoms with Crippen molar-refractivity contribution in [3.8, 4) is 11.5 Å². The summed E-state index contributed by atoms with van der Waals surface area (Å²) in [6, 6.07) is 19.0. The Kier molecular flexibility index (Phi) is 4.91. The summed E-state index contributed by atoms with van der Waals surface area (Å²) in [7, 11) is 0. The smallest absolute Gasteiger partial charge is 0.354 e. The van der Waals surface area contributed by atoms with Gasteiger partial charge in [-0.05, 0) is 30.5 Å². The van der Waals surface area contributed by atoms with E-state index in [1.165, 1.54) is 6.33 Å². The first-order chi connectivity index (χ1) is 15.7. The second kappa shape index (κ2) is 8.03. The first kappa shape index (κ1) is 19.6. The predicted octanol–water partition coefficient (Wildman–Crippen LogP) is 5.17. The van der Waals surface area contributed by atoms with Crippen LogP contribution in [0.5, 0.6) is 11.5 Å². The van der Waals surface area contributed by atoms with E-state index >= 15 is 0 Å². The van der Waals surface area contributed by atoms with E-state index in [2.05, 4.69) is 15.3 Å². The van der Waals surface area contributed by atoms with Crippen LogP contribution in [-0.2, 0) is 0 Å². The summed E-state index contributed by atoms with van der Waals surface area (Å²) in [5.41, 5.74) is 1.22. The average molecular weight is 429 g/mol. The lowest BCUT2D eigenvalue weighted by Gasteiger charge is -2.24. The van der Waals surface area contributed by atoms with Crippen molar-refractivity contribution in [1.82, 2.24) is 9.97 Å². The highest BCUT2D eigenvalue weighted by molar-refractivity contribution is 5.97. The van der Waals surface area contributed by atoms with E-state index in [1.807, 2.05) is 54.3 Å². The number of hydrogen-bond acceptors (Lipinski definition) is 8. The summed E-state index contributed by atoms with van der Waals surface area (Å²) in [5, 5.41) is 17.2. The van der Waals surface area contributed by atoms with Gasteiger partial charge in [0.2, 0.25) is 18.4 Å². The van der Waals surface area contributed by atoms with Crippen molar-refractivity contribution in [1.29, 1.82) is 0 Å². The second-order valence-electron chi connectivity index (χ2n) is 7.09. The molecule has 1 aromatic heterocycles. The third-order valence-corrected chi connectivity index (χ3v) is 5.25. The van der Waals surface area contributed by atoms with Gasteiger partial charge < -0.3 is 19.7 Å². The summed E-state index contributed by atoms with van der Waals surface area (Å²) in [6.45, 7) is 2.56. The van der Waals surface area contributed by atoms with Crippen molar-refractivity contribution in [3.63, 3.8) is 0 Å². The van der Waals surface area contributed by atoms with E-state index in [0.717, 1.165) is 16.5 Å². The van der Waals surface area contributed by atoms with E-state index in [4.69, 9.17) is 9.47 Å². The number of anilines is 4. The number of hydrogen-bond donors (Lipinski definition) is 1. The Balaban J connectivity index is 1.60. The number of aromatic nitrogens is 2. The van der Waals surface area contributed by atoms with Gasteiger partial charge in [-0.2, -0.15) is 0 Å². The van der Waals surface area contributed by atoms with Crippen molar-refractivity contribution in [2.45, 2.75) is 6.92 Å². The number of benzene rings is 3. The van der Waals surface area contributed by atoms with Crippen molar-refractivity contribution >= 4 is 39.5 Å². The minimum atomic E-state index is -0.460. The first-order valence-electron chi connectivity index (χ1n) is 10.1. The van der Waals surface area contributed by atoms with Gasteiger partial charge in [0, 0.05) is 23.7 Å². The highest BCUT2D eigenvalue weighted by Crippen LogP contribution is 2.40. The molecule has 9 heteroatoms. The Bertz CT molecular complexity index is 1320. The molecule has 0 spiro atoms. The molecule has 160 valence electrons. The van der Waals surface area contributed by atoms with Crippen LogP contribution >= 0.6 is 0 Å². The molecule has 0 saturated carbocycles. The monoisotopic (exact) mass is 429 g/mol. The molecule has 1 aliphatic heterocycles. The fraction of sp³-hybridized carbons (Fsp3) is 0.130. The maximum Gasteiger partial charge on any atom is 0.354 e. The minimum Gasteiger partial charge on any atom is -0.454 e. The molecule has 4 aromatic rings. The van der Waals surface area contributed by atoms with E-state index < -0.39 is 4.92 Å². The zero-order valence-electron chi connectivity index (χ0n) is 17.2. The van der Waals surface area contributed by atoms with Crippen LogP contribution in [0.4, 0.5) is 28.7 Å². The topological polar surface area (TPSA) is 103 Å². The molecule has 0 saturated heterocycles. The zero-order chi connectivity index (χ0) is 22.1. The average Bonchev–Trinajstić information content (AvgIpc) is 3.28. The second-order valence-corrected chi connectivity index (χ2v) is 7.09. The molecular formula is C23H19N5O4. The highest BCUT2D eigenvalue weighted by Gasteiger charge is 2.28. The minimum absolute atomic E-state index is 0.0950. The third kappa shape index (κ3) is 3.39. The Morgan fingerprint density at radius 1 is 1.06 bits per heavy atom. The summed E-state index contributed by atoms with van der Waals surface area (Å²) in [6.07, 6.45) is 1.32. The Morgan fingerprint density at radius 3 is 2.72 bits per heavy atom. The molecule has 0 atom stereocenters. The third-order valence-electron chi connectivity index (χ3n) is 5.25. The Hall–Kier alpha value is -4.40. The van der Waals surface area contributed by atoms with E-state index in [9.17, 15) is 10.1 Å². The van der Waals surface area contributed by atoms with Gasteiger partial charge in [-0.1, -0.05) is 36.4 Å². The molecule has 32 heavy (non-hydrogen) atoms. The van der Waals surface area contributed by atoms with Gasteiger partial charge in [-0.3, -0.25) is 10.1 Å². The van der Waals surface area contributed by atoms with Gasteiger partial charge in [0.1, 0.15) is 6.33 Å². The summed E-state index contributed by atoms with van der Waals surface area (Å²) in [5.74, 6) is 1.50. The fourth-order valence-electron chi connectivity index (χ4n) is 3.82. The molecule has 1 N–H and O–H groups in total. The Morgan fingerprint density at radius 2 is 1.88 bits per heavy atom. The van der Waals surface area contributed by atoms with Crippen molar-refractivity contribution < 1.29 is 14.4 Å². The van der Waals surface area contributed by atoms with Crippen LogP contribution in [0.25, 0.3) is 10.8 Å². The van der Waals surface area contributed by atoms with Crippen molar-refractivity contribution in [2.75, 3.05) is 23.6 Å². The lowest BCUT2D eigenvalue weighted by atomic mass is 10.1. The number of rotatable bonds is 6. The number of nitrogens with zero attached hydrogens (tertiary/aromatic N) is 4. The van der Waals surface area contributed by atoms with Gasteiger partial charge in [0.25, 0.3) is 0 Å². The molecule has 0 fully saturated rings. The molecule has 1 aliphatic rings. The van der Waals surface area contributed by atoms with Crippen LogP contribution in [0.1, 0.15) is 6.92 Å². The normalized spacial score (nSPS) is 12.0. The number of nitro groups is 1. The molecule has 0 bridgehead atoms. The van der Waals surface area contributed by atoms with Crippen LogP contribution in [-0.4, -0.2) is 28.2 Å². The molecule has 2 heterocycles. The Labute approximate surface area is 183 Å². The van der Waals surface area contributed by atoms with Gasteiger partial charge in [0.05, 0.1) is 10.6 Å². The quantitative estimate of drug-likeness (QED) is 0.331. The number of fused-ring (bicyclic) bond motifs is 2. The molecule has 9 nitrogen and oxygen atoms in total. The fourth-order valence-corrected chi connectivity index (χ4v) is 3.82. The molecular weight excluding hydrogens is 410 g/mol. The SMILES string of the molecule is CCN(c1ncnc(Nc2ccc3c(c2)OCO3)c1[N+](=O)[O-])c1cccc2ccccc12. The van der Waals surface area contributed by atoms with Gasteiger partial charge in [-0.15, -0.1) is 0 Å². The molecule has 0 amide bonds. The van der Waals surface area contributed by atoms with Crippen LogP contribution in [0.3, 0.4) is 0 Å². The lowest BCUT2D eigenvalue weighted by Crippen LogP contribution is -2.20. The number of nitrogens with one attached hydrogen (secondary N) is 1. The predicted molar refractivity (Wildman–Crippen MR) is 121 cm³/mol. The maximum absolute atomic E-state index is 12.1. The molecule has 0 radical (unpaired) electrons. The highest BCUT2D eigenvalue weighted by atomic mass is 16.7. The van der Waals surface area contributed by atoms with Gasteiger partial charge in [0.15, 0.2) is 11.5 Å². The zero-order valence-corrected chi connectivity index (χ0v) is 17.2. The molecule has 0 unspecified atom stereocenters.